The maximum atomic E-state index is 12.2. The molecule has 0 aromatic heterocycles. The first-order chi connectivity index (χ1) is 13.2. The van der Waals surface area contributed by atoms with Gasteiger partial charge >= 0.3 is 5.97 Å². The zero-order chi connectivity index (χ0) is 21.0. The SMILES string of the molecule is CCCCCCCSCCOC(=O)CCC1(C)CC(NC(C)=O)CC(C)(C)C1. The lowest BCUT2D eigenvalue weighted by molar-refractivity contribution is -0.144. The Labute approximate surface area is 177 Å². The average Bonchev–Trinajstić information content (AvgIpc) is 2.56. The van der Waals surface area contributed by atoms with Crippen LogP contribution in [0, 0.1) is 10.8 Å². The number of thioether (sulfide) groups is 1. The molecule has 0 heterocycles. The van der Waals surface area contributed by atoms with Gasteiger partial charge in [-0.05, 0) is 48.7 Å². The predicted octanol–water partition coefficient (Wildman–Crippen LogP) is 5.73. The maximum Gasteiger partial charge on any atom is 0.305 e. The highest BCUT2D eigenvalue weighted by atomic mass is 32.2. The summed E-state index contributed by atoms with van der Waals surface area (Å²) < 4.78 is 5.44. The lowest BCUT2D eigenvalue weighted by Crippen LogP contribution is -2.46. The molecule has 4 nitrogen and oxygen atoms in total. The zero-order valence-electron chi connectivity index (χ0n) is 18.9. The standard InChI is InChI=1S/C23H43NO3S/c1-6-7-8-9-10-14-28-15-13-27-21(26)11-12-23(5)17-20(24-19(2)25)16-22(3,4)18-23/h20H,6-18H2,1-5H3,(H,24,25). The molecule has 1 saturated carbocycles. The Morgan fingerprint density at radius 1 is 1.07 bits per heavy atom. The summed E-state index contributed by atoms with van der Waals surface area (Å²) in [6.07, 6.45) is 10.9. The smallest absolute Gasteiger partial charge is 0.305 e. The molecule has 0 radical (unpaired) electrons. The second kappa shape index (κ2) is 12.8. The maximum absolute atomic E-state index is 12.2. The first-order valence-corrected chi connectivity index (χ1v) is 12.3. The van der Waals surface area contributed by atoms with Crippen LogP contribution in [-0.2, 0) is 14.3 Å². The quantitative estimate of drug-likeness (QED) is 0.309. The summed E-state index contributed by atoms with van der Waals surface area (Å²) in [6, 6.07) is 0.205. The summed E-state index contributed by atoms with van der Waals surface area (Å²) in [5.74, 6) is 2.02. The van der Waals surface area contributed by atoms with Crippen LogP contribution < -0.4 is 5.32 Å². The molecule has 0 aromatic rings. The lowest BCUT2D eigenvalue weighted by Gasteiger charge is -2.47. The number of hydrogen-bond acceptors (Lipinski definition) is 4. The first-order valence-electron chi connectivity index (χ1n) is 11.2. The van der Waals surface area contributed by atoms with Crippen molar-refractivity contribution in [2.45, 2.75) is 105 Å². The van der Waals surface area contributed by atoms with Gasteiger partial charge in [-0.15, -0.1) is 0 Å². The van der Waals surface area contributed by atoms with E-state index in [2.05, 4.69) is 33.0 Å². The zero-order valence-corrected chi connectivity index (χ0v) is 19.7. The van der Waals surface area contributed by atoms with E-state index in [1.54, 1.807) is 6.92 Å². The van der Waals surface area contributed by atoms with E-state index in [4.69, 9.17) is 4.74 Å². The molecule has 164 valence electrons. The summed E-state index contributed by atoms with van der Waals surface area (Å²) in [6.45, 7) is 11.1. The molecule has 0 aromatic carbocycles. The monoisotopic (exact) mass is 413 g/mol. The van der Waals surface area contributed by atoms with Gasteiger partial charge in [0.25, 0.3) is 0 Å². The van der Waals surface area contributed by atoms with Crippen molar-refractivity contribution in [2.75, 3.05) is 18.1 Å². The van der Waals surface area contributed by atoms with Crippen molar-refractivity contribution in [3.63, 3.8) is 0 Å². The highest BCUT2D eigenvalue weighted by molar-refractivity contribution is 7.99. The molecule has 1 aliphatic carbocycles. The number of carbonyl (C=O) groups is 2. The average molecular weight is 414 g/mol. The van der Waals surface area contributed by atoms with E-state index in [1.807, 2.05) is 11.8 Å². The van der Waals surface area contributed by atoms with Gasteiger partial charge in [0.1, 0.15) is 6.61 Å². The Bertz CT molecular complexity index is 480. The van der Waals surface area contributed by atoms with Gasteiger partial charge in [0.2, 0.25) is 5.91 Å². The molecule has 1 fully saturated rings. The predicted molar refractivity (Wildman–Crippen MR) is 120 cm³/mol. The second-order valence-corrected chi connectivity index (χ2v) is 10.9. The van der Waals surface area contributed by atoms with Crippen LogP contribution in [0.1, 0.15) is 98.8 Å². The Morgan fingerprint density at radius 3 is 2.46 bits per heavy atom. The molecule has 1 N–H and O–H groups in total. The summed E-state index contributed by atoms with van der Waals surface area (Å²) in [5.41, 5.74) is 0.249. The minimum atomic E-state index is -0.0794. The second-order valence-electron chi connectivity index (χ2n) is 9.70. The van der Waals surface area contributed by atoms with Crippen LogP contribution in [0.3, 0.4) is 0 Å². The molecule has 5 heteroatoms. The normalized spacial score (nSPS) is 24.0. The molecule has 2 atom stereocenters. The summed E-state index contributed by atoms with van der Waals surface area (Å²) >= 11 is 1.89. The van der Waals surface area contributed by atoms with E-state index in [0.717, 1.165) is 31.4 Å². The third kappa shape index (κ3) is 11.3. The van der Waals surface area contributed by atoms with Crippen LogP contribution in [0.15, 0.2) is 0 Å². The molecule has 1 rings (SSSR count). The van der Waals surface area contributed by atoms with Crippen LogP contribution in [0.4, 0.5) is 0 Å². The van der Waals surface area contributed by atoms with Crippen molar-refractivity contribution in [1.29, 1.82) is 0 Å². The number of amides is 1. The van der Waals surface area contributed by atoms with Gasteiger partial charge < -0.3 is 10.1 Å². The highest BCUT2D eigenvalue weighted by Crippen LogP contribution is 2.48. The fourth-order valence-corrected chi connectivity index (χ4v) is 5.63. The topological polar surface area (TPSA) is 55.4 Å². The Morgan fingerprint density at radius 2 is 1.79 bits per heavy atom. The molecular weight excluding hydrogens is 370 g/mol. The van der Waals surface area contributed by atoms with Gasteiger partial charge in [-0.3, -0.25) is 9.59 Å². The van der Waals surface area contributed by atoms with Crippen molar-refractivity contribution in [3.05, 3.63) is 0 Å². The number of rotatable bonds is 13. The lowest BCUT2D eigenvalue weighted by atomic mass is 9.61. The van der Waals surface area contributed by atoms with Crippen molar-refractivity contribution in [1.82, 2.24) is 5.32 Å². The highest BCUT2D eigenvalue weighted by Gasteiger charge is 2.41. The third-order valence-corrected chi connectivity index (χ3v) is 6.70. The molecule has 0 spiro atoms. The number of unbranched alkanes of at least 4 members (excludes halogenated alkanes) is 4. The molecule has 0 aliphatic heterocycles. The van der Waals surface area contributed by atoms with Crippen LogP contribution in [0.2, 0.25) is 0 Å². The molecule has 1 amide bonds. The van der Waals surface area contributed by atoms with Gasteiger partial charge in [-0.2, -0.15) is 11.8 Å². The molecule has 0 bridgehead atoms. The van der Waals surface area contributed by atoms with Crippen molar-refractivity contribution >= 4 is 23.6 Å². The van der Waals surface area contributed by atoms with Crippen LogP contribution in [-0.4, -0.2) is 36.0 Å². The van der Waals surface area contributed by atoms with E-state index in [9.17, 15) is 9.59 Å². The summed E-state index contributed by atoms with van der Waals surface area (Å²) in [7, 11) is 0. The van der Waals surface area contributed by atoms with Gasteiger partial charge in [0.05, 0.1) is 0 Å². The molecule has 1 aliphatic rings. The fourth-order valence-electron chi connectivity index (χ4n) is 4.81. The number of hydrogen-bond donors (Lipinski definition) is 1. The van der Waals surface area contributed by atoms with Gasteiger partial charge in [0, 0.05) is 25.1 Å². The molecule has 2 unspecified atom stereocenters. The van der Waals surface area contributed by atoms with Gasteiger partial charge in [-0.25, -0.2) is 0 Å². The fraction of sp³-hybridized carbons (Fsp3) is 0.913. The van der Waals surface area contributed by atoms with Crippen LogP contribution in [0.5, 0.6) is 0 Å². The van der Waals surface area contributed by atoms with Crippen molar-refractivity contribution < 1.29 is 14.3 Å². The van der Waals surface area contributed by atoms with E-state index < -0.39 is 0 Å². The Hall–Kier alpha value is -0.710. The van der Waals surface area contributed by atoms with E-state index in [-0.39, 0.29) is 28.7 Å². The molecule has 28 heavy (non-hydrogen) atoms. The number of nitrogens with one attached hydrogen (secondary N) is 1. The summed E-state index contributed by atoms with van der Waals surface area (Å²) in [5, 5.41) is 3.09. The van der Waals surface area contributed by atoms with Gasteiger partial charge in [0.15, 0.2) is 0 Å². The number of carbonyl (C=O) groups excluding carboxylic acids is 2. The van der Waals surface area contributed by atoms with Crippen LogP contribution in [0.25, 0.3) is 0 Å². The largest absolute Gasteiger partial charge is 0.465 e. The summed E-state index contributed by atoms with van der Waals surface area (Å²) in [4.78, 5) is 23.6. The Kier molecular flexibility index (Phi) is 11.5. The van der Waals surface area contributed by atoms with Gasteiger partial charge in [-0.1, -0.05) is 53.4 Å². The third-order valence-electron chi connectivity index (χ3n) is 5.67. The minimum absolute atomic E-state index is 0.0346. The molecule has 0 saturated heterocycles. The minimum Gasteiger partial charge on any atom is -0.465 e. The number of ether oxygens (including phenoxy) is 1. The van der Waals surface area contributed by atoms with Crippen molar-refractivity contribution in [2.24, 2.45) is 10.8 Å². The van der Waals surface area contributed by atoms with E-state index >= 15 is 0 Å². The Balaban J connectivity index is 2.23. The van der Waals surface area contributed by atoms with E-state index in [1.165, 1.54) is 37.9 Å². The first kappa shape index (κ1) is 25.3. The number of esters is 1. The van der Waals surface area contributed by atoms with Crippen molar-refractivity contribution in [3.8, 4) is 0 Å². The van der Waals surface area contributed by atoms with Crippen LogP contribution >= 0.6 is 11.8 Å². The van der Waals surface area contributed by atoms with E-state index in [0.29, 0.717) is 13.0 Å². The molecular formula is C23H43NO3S.